The Labute approximate surface area is 276 Å². The molecule has 0 atom stereocenters. The van der Waals surface area contributed by atoms with Crippen LogP contribution in [0.1, 0.15) is 23.7 Å². The molecular formula is C39H29ClN2O5. The minimum Gasteiger partial charge on any atom is -0.457 e. The van der Waals surface area contributed by atoms with Crippen LogP contribution < -0.4 is 20.3 Å². The summed E-state index contributed by atoms with van der Waals surface area (Å²) in [5.41, 5.74) is 3.45. The molecule has 0 saturated carbocycles. The highest BCUT2D eigenvalue weighted by atomic mass is 35.5. The maximum absolute atomic E-state index is 14.0. The number of pyridine rings is 1. The van der Waals surface area contributed by atoms with E-state index in [-0.39, 0.29) is 28.6 Å². The first-order valence-corrected chi connectivity index (χ1v) is 15.3. The van der Waals surface area contributed by atoms with Gasteiger partial charge in [0.15, 0.2) is 5.75 Å². The highest BCUT2D eigenvalue weighted by Gasteiger charge is 2.19. The van der Waals surface area contributed by atoms with Gasteiger partial charge in [0.25, 0.3) is 11.5 Å². The zero-order chi connectivity index (χ0) is 32.8. The van der Waals surface area contributed by atoms with Crippen LogP contribution in [0.3, 0.4) is 0 Å². The van der Waals surface area contributed by atoms with Crippen molar-refractivity contribution in [2.45, 2.75) is 13.3 Å². The van der Waals surface area contributed by atoms with Crippen LogP contribution in [0.5, 0.6) is 17.2 Å². The van der Waals surface area contributed by atoms with Gasteiger partial charge in [0.1, 0.15) is 17.2 Å². The zero-order valence-corrected chi connectivity index (χ0v) is 26.1. The maximum Gasteiger partial charge on any atom is 0.311 e. The number of para-hydroxylation sites is 2. The van der Waals surface area contributed by atoms with Crippen LogP contribution in [0.4, 0.5) is 5.69 Å². The van der Waals surface area contributed by atoms with E-state index in [9.17, 15) is 14.4 Å². The van der Waals surface area contributed by atoms with Gasteiger partial charge in [0, 0.05) is 23.7 Å². The van der Waals surface area contributed by atoms with Crippen LogP contribution in [-0.4, -0.2) is 16.4 Å². The van der Waals surface area contributed by atoms with E-state index in [2.05, 4.69) is 5.32 Å². The van der Waals surface area contributed by atoms with E-state index in [1.165, 1.54) is 4.57 Å². The minimum atomic E-state index is -0.539. The summed E-state index contributed by atoms with van der Waals surface area (Å²) in [6.07, 6.45) is 1.73. The molecule has 6 rings (SSSR count). The van der Waals surface area contributed by atoms with Gasteiger partial charge in [0.2, 0.25) is 0 Å². The molecule has 1 N–H and O–H groups in total. The molecule has 232 valence electrons. The molecule has 0 radical (unpaired) electrons. The fraction of sp³-hybridized carbons (Fsp3) is 0.0513. The standard InChI is InChI=1S/C39H29ClN2O5/c1-2-36(43)47-37-33(40)14-9-15-35(37)42-25-30(28-20-22-32(23-21-28)46-31-12-7-4-8-13-31)24-34(39(42)45)41-38(44)29-18-16-27(17-19-29)26-10-5-3-6-11-26/h3-25H,2H2,1H3,(H,41,44). The molecule has 0 spiro atoms. The molecule has 0 fully saturated rings. The van der Waals surface area contributed by atoms with Crippen molar-refractivity contribution in [2.75, 3.05) is 5.32 Å². The fourth-order valence-corrected chi connectivity index (χ4v) is 5.17. The number of hydrogen-bond acceptors (Lipinski definition) is 5. The first-order chi connectivity index (χ1) is 22.9. The molecule has 1 heterocycles. The van der Waals surface area contributed by atoms with Crippen molar-refractivity contribution in [3.8, 4) is 45.2 Å². The molecule has 8 heteroatoms. The number of nitrogens with zero attached hydrogens (tertiary/aromatic N) is 1. The number of halogens is 1. The van der Waals surface area contributed by atoms with Gasteiger partial charge >= 0.3 is 5.97 Å². The molecule has 7 nitrogen and oxygen atoms in total. The summed E-state index contributed by atoms with van der Waals surface area (Å²) in [6, 6.07) is 40.2. The number of rotatable bonds is 9. The second-order valence-electron chi connectivity index (χ2n) is 10.6. The van der Waals surface area contributed by atoms with Gasteiger partial charge in [-0.1, -0.05) is 97.4 Å². The third-order valence-corrected chi connectivity index (χ3v) is 7.69. The van der Waals surface area contributed by atoms with E-state index < -0.39 is 17.4 Å². The Morgan fingerprint density at radius 3 is 1.98 bits per heavy atom. The van der Waals surface area contributed by atoms with Crippen molar-refractivity contribution in [1.29, 1.82) is 0 Å². The number of amides is 1. The fourth-order valence-electron chi connectivity index (χ4n) is 4.96. The van der Waals surface area contributed by atoms with Crippen molar-refractivity contribution in [3.63, 3.8) is 0 Å². The lowest BCUT2D eigenvalue weighted by molar-refractivity contribution is -0.134. The van der Waals surface area contributed by atoms with Gasteiger partial charge in [-0.3, -0.25) is 19.0 Å². The summed E-state index contributed by atoms with van der Waals surface area (Å²) >= 11 is 6.46. The molecule has 0 aliphatic heterocycles. The summed E-state index contributed by atoms with van der Waals surface area (Å²) in [7, 11) is 0. The molecule has 5 aromatic carbocycles. The Morgan fingerprint density at radius 2 is 1.30 bits per heavy atom. The maximum atomic E-state index is 14.0. The number of benzene rings is 5. The van der Waals surface area contributed by atoms with E-state index >= 15 is 0 Å². The summed E-state index contributed by atoms with van der Waals surface area (Å²) < 4.78 is 12.8. The highest BCUT2D eigenvalue weighted by molar-refractivity contribution is 6.32. The molecule has 0 saturated heterocycles. The zero-order valence-electron chi connectivity index (χ0n) is 25.4. The summed E-state index contributed by atoms with van der Waals surface area (Å²) in [4.78, 5) is 39.7. The van der Waals surface area contributed by atoms with Gasteiger partial charge in [-0.05, 0) is 71.3 Å². The Balaban J connectivity index is 1.39. The largest absolute Gasteiger partial charge is 0.457 e. The number of anilines is 1. The average molecular weight is 641 g/mol. The van der Waals surface area contributed by atoms with Crippen LogP contribution >= 0.6 is 11.6 Å². The molecule has 6 aromatic rings. The monoisotopic (exact) mass is 640 g/mol. The Kier molecular flexibility index (Phi) is 9.27. The Hall–Kier alpha value is -5.92. The second kappa shape index (κ2) is 14.0. The van der Waals surface area contributed by atoms with Crippen LogP contribution in [0, 0.1) is 0 Å². The molecule has 1 amide bonds. The summed E-state index contributed by atoms with van der Waals surface area (Å²) in [5.74, 6) is 0.404. The lowest BCUT2D eigenvalue weighted by atomic mass is 10.0. The number of esters is 1. The van der Waals surface area contributed by atoms with Gasteiger partial charge in [-0.15, -0.1) is 0 Å². The topological polar surface area (TPSA) is 86.6 Å². The summed E-state index contributed by atoms with van der Waals surface area (Å²) in [5, 5.41) is 2.96. The molecule has 0 bridgehead atoms. The van der Waals surface area contributed by atoms with Gasteiger partial charge in [-0.25, -0.2) is 0 Å². The third-order valence-electron chi connectivity index (χ3n) is 7.40. The predicted octanol–water partition coefficient (Wildman–Crippen LogP) is 9.18. The van der Waals surface area contributed by atoms with Crippen LogP contribution in [0.15, 0.2) is 144 Å². The van der Waals surface area contributed by atoms with Crippen LogP contribution in [0.25, 0.3) is 27.9 Å². The molecule has 0 aliphatic carbocycles. The van der Waals surface area contributed by atoms with E-state index in [4.69, 9.17) is 21.1 Å². The first kappa shape index (κ1) is 31.1. The van der Waals surface area contributed by atoms with Crippen molar-refractivity contribution in [1.82, 2.24) is 4.57 Å². The average Bonchev–Trinajstić information content (AvgIpc) is 3.11. The van der Waals surface area contributed by atoms with Crippen molar-refractivity contribution in [2.24, 2.45) is 0 Å². The number of carbonyl (C=O) groups is 2. The lowest BCUT2D eigenvalue weighted by Crippen LogP contribution is -2.25. The van der Waals surface area contributed by atoms with Gasteiger partial charge < -0.3 is 14.8 Å². The van der Waals surface area contributed by atoms with Crippen molar-refractivity contribution >= 4 is 29.2 Å². The molecule has 0 aliphatic rings. The molecule has 0 unspecified atom stereocenters. The summed E-state index contributed by atoms with van der Waals surface area (Å²) in [6.45, 7) is 1.66. The lowest BCUT2D eigenvalue weighted by Gasteiger charge is -2.17. The normalized spacial score (nSPS) is 10.7. The first-order valence-electron chi connectivity index (χ1n) is 15.0. The number of carbonyl (C=O) groups excluding carboxylic acids is 2. The highest BCUT2D eigenvalue weighted by Crippen LogP contribution is 2.33. The number of hydrogen-bond donors (Lipinski definition) is 1. The Bertz CT molecular complexity index is 2090. The van der Waals surface area contributed by atoms with E-state index in [1.807, 2.05) is 97.1 Å². The van der Waals surface area contributed by atoms with E-state index in [0.717, 1.165) is 16.7 Å². The van der Waals surface area contributed by atoms with Crippen LogP contribution in [0.2, 0.25) is 5.02 Å². The third kappa shape index (κ3) is 7.16. The minimum absolute atomic E-state index is 0.0250. The van der Waals surface area contributed by atoms with Gasteiger partial charge in [-0.2, -0.15) is 0 Å². The number of ether oxygens (including phenoxy) is 2. The Morgan fingerprint density at radius 1 is 0.702 bits per heavy atom. The molecule has 47 heavy (non-hydrogen) atoms. The second-order valence-corrected chi connectivity index (χ2v) is 11.0. The quantitative estimate of drug-likeness (QED) is 0.126. The SMILES string of the molecule is CCC(=O)Oc1c(Cl)cccc1-n1cc(-c2ccc(Oc3ccccc3)cc2)cc(NC(=O)c2ccc(-c3ccccc3)cc2)c1=O. The van der Waals surface area contributed by atoms with Crippen molar-refractivity contribution in [3.05, 3.63) is 161 Å². The number of nitrogens with one attached hydrogen (secondary N) is 1. The van der Waals surface area contributed by atoms with Gasteiger partial charge in [0.05, 0.1) is 10.7 Å². The predicted molar refractivity (Wildman–Crippen MR) is 185 cm³/mol. The smallest absolute Gasteiger partial charge is 0.311 e. The van der Waals surface area contributed by atoms with E-state index in [0.29, 0.717) is 22.6 Å². The van der Waals surface area contributed by atoms with Crippen LogP contribution in [-0.2, 0) is 4.79 Å². The number of aromatic nitrogens is 1. The molecule has 1 aromatic heterocycles. The molecular weight excluding hydrogens is 612 g/mol. The van der Waals surface area contributed by atoms with Crippen molar-refractivity contribution < 1.29 is 19.1 Å². The van der Waals surface area contributed by atoms with E-state index in [1.54, 1.807) is 49.5 Å².